The molecule has 1 aromatic carbocycles. The zero-order chi connectivity index (χ0) is 15.1. The summed E-state index contributed by atoms with van der Waals surface area (Å²) in [5.41, 5.74) is 0.335. The maximum absolute atomic E-state index is 11.9. The number of aliphatic hydroxyl groups is 1. The van der Waals surface area contributed by atoms with Crippen LogP contribution in [0.15, 0.2) is 12.1 Å². The molecule has 0 aliphatic rings. The molecular formula is C13H17Cl2NO4. The lowest BCUT2D eigenvalue weighted by molar-refractivity contribution is 0.0587. The molecule has 1 amide bonds. The number of rotatable bonds is 7. The van der Waals surface area contributed by atoms with Gasteiger partial charge in [0.05, 0.1) is 29.9 Å². The SMILES string of the molecule is COCC(O)CCNC(=O)c1cc(Cl)c(OC)c(Cl)c1. The first-order valence-electron chi connectivity index (χ1n) is 5.97. The molecule has 0 aliphatic heterocycles. The second-order valence-corrected chi connectivity index (χ2v) is 4.94. The standard InChI is InChI=1S/C13H17Cl2NO4/c1-19-7-9(17)3-4-16-13(18)8-5-10(14)12(20-2)11(15)6-8/h5-6,9,17H,3-4,7H2,1-2H3,(H,16,18). The van der Waals surface area contributed by atoms with E-state index >= 15 is 0 Å². The van der Waals surface area contributed by atoms with Gasteiger partial charge < -0.3 is 19.9 Å². The minimum absolute atomic E-state index is 0.232. The summed E-state index contributed by atoms with van der Waals surface area (Å²) in [5, 5.41) is 12.7. The molecule has 0 saturated carbocycles. The first-order valence-corrected chi connectivity index (χ1v) is 6.73. The number of benzene rings is 1. The Morgan fingerprint density at radius 1 is 1.35 bits per heavy atom. The maximum atomic E-state index is 11.9. The highest BCUT2D eigenvalue weighted by atomic mass is 35.5. The van der Waals surface area contributed by atoms with Crippen molar-refractivity contribution >= 4 is 29.1 Å². The Balaban J connectivity index is 2.60. The first-order chi connectivity index (χ1) is 9.49. The van der Waals surface area contributed by atoms with Crippen molar-refractivity contribution < 1.29 is 19.4 Å². The second kappa shape index (κ2) is 8.32. The highest BCUT2D eigenvalue weighted by Crippen LogP contribution is 2.33. The predicted molar refractivity (Wildman–Crippen MR) is 77.8 cm³/mol. The van der Waals surface area contributed by atoms with E-state index in [1.165, 1.54) is 26.4 Å². The summed E-state index contributed by atoms with van der Waals surface area (Å²) in [6.07, 6.45) is -0.208. The van der Waals surface area contributed by atoms with E-state index < -0.39 is 6.10 Å². The third-order valence-electron chi connectivity index (χ3n) is 2.59. The first kappa shape index (κ1) is 17.0. The fraction of sp³-hybridized carbons (Fsp3) is 0.462. The zero-order valence-corrected chi connectivity index (χ0v) is 12.8. The maximum Gasteiger partial charge on any atom is 0.251 e. The van der Waals surface area contributed by atoms with Gasteiger partial charge in [-0.15, -0.1) is 0 Å². The number of aliphatic hydroxyl groups excluding tert-OH is 1. The van der Waals surface area contributed by atoms with Crippen LogP contribution in [0.3, 0.4) is 0 Å². The predicted octanol–water partition coefficient (Wildman–Crippen LogP) is 2.13. The molecule has 1 unspecified atom stereocenters. The molecule has 0 saturated heterocycles. The summed E-state index contributed by atoms with van der Waals surface area (Å²) in [6, 6.07) is 2.96. The van der Waals surface area contributed by atoms with Crippen molar-refractivity contribution in [2.45, 2.75) is 12.5 Å². The van der Waals surface area contributed by atoms with E-state index in [2.05, 4.69) is 5.32 Å². The topological polar surface area (TPSA) is 67.8 Å². The molecule has 2 N–H and O–H groups in total. The fourth-order valence-electron chi connectivity index (χ4n) is 1.62. The quantitative estimate of drug-likeness (QED) is 0.807. The van der Waals surface area contributed by atoms with Gasteiger partial charge in [-0.1, -0.05) is 23.2 Å². The number of nitrogens with one attached hydrogen (secondary N) is 1. The van der Waals surface area contributed by atoms with Gasteiger partial charge in [-0.05, 0) is 18.6 Å². The molecule has 0 radical (unpaired) electrons. The van der Waals surface area contributed by atoms with E-state index in [-0.39, 0.29) is 22.6 Å². The van der Waals surface area contributed by atoms with Crippen molar-refractivity contribution in [1.82, 2.24) is 5.32 Å². The summed E-state index contributed by atoms with van der Waals surface area (Å²) >= 11 is 11.9. The Morgan fingerprint density at radius 3 is 2.45 bits per heavy atom. The number of ether oxygens (including phenoxy) is 2. The minimum Gasteiger partial charge on any atom is -0.494 e. The van der Waals surface area contributed by atoms with Crippen LogP contribution in [0.2, 0.25) is 10.0 Å². The van der Waals surface area contributed by atoms with Crippen LogP contribution >= 0.6 is 23.2 Å². The molecule has 20 heavy (non-hydrogen) atoms. The van der Waals surface area contributed by atoms with Gasteiger partial charge in [-0.3, -0.25) is 4.79 Å². The number of hydrogen-bond acceptors (Lipinski definition) is 4. The van der Waals surface area contributed by atoms with Crippen LogP contribution in [-0.4, -0.2) is 44.5 Å². The van der Waals surface area contributed by atoms with Crippen LogP contribution in [0.25, 0.3) is 0 Å². The Hall–Kier alpha value is -1.01. The van der Waals surface area contributed by atoms with Gasteiger partial charge in [0.1, 0.15) is 0 Å². The van der Waals surface area contributed by atoms with Crippen molar-refractivity contribution in [1.29, 1.82) is 0 Å². The molecular weight excluding hydrogens is 305 g/mol. The molecule has 1 aromatic rings. The van der Waals surface area contributed by atoms with Gasteiger partial charge in [-0.25, -0.2) is 0 Å². The third kappa shape index (κ3) is 4.83. The lowest BCUT2D eigenvalue weighted by Crippen LogP contribution is -2.28. The Morgan fingerprint density at radius 2 is 1.95 bits per heavy atom. The molecule has 1 rings (SSSR count). The minimum atomic E-state index is -0.608. The van der Waals surface area contributed by atoms with E-state index in [0.29, 0.717) is 24.3 Å². The van der Waals surface area contributed by atoms with Gasteiger partial charge in [0, 0.05) is 19.2 Å². The van der Waals surface area contributed by atoms with Crippen molar-refractivity contribution in [3.8, 4) is 5.75 Å². The van der Waals surface area contributed by atoms with Gasteiger partial charge in [0.15, 0.2) is 5.75 Å². The number of halogens is 2. The molecule has 0 fully saturated rings. The zero-order valence-electron chi connectivity index (χ0n) is 11.3. The number of hydrogen-bond donors (Lipinski definition) is 2. The van der Waals surface area contributed by atoms with Crippen molar-refractivity contribution in [3.63, 3.8) is 0 Å². The van der Waals surface area contributed by atoms with Crippen LogP contribution in [0, 0.1) is 0 Å². The third-order valence-corrected chi connectivity index (χ3v) is 3.15. The average molecular weight is 322 g/mol. The molecule has 0 aromatic heterocycles. The van der Waals surface area contributed by atoms with Crippen LogP contribution in [0.1, 0.15) is 16.8 Å². The summed E-state index contributed by atoms with van der Waals surface area (Å²) in [5.74, 6) is 0.0153. The normalized spacial score (nSPS) is 12.1. The Bertz CT molecular complexity index is 445. The largest absolute Gasteiger partial charge is 0.494 e. The smallest absolute Gasteiger partial charge is 0.251 e. The van der Waals surface area contributed by atoms with Crippen molar-refractivity contribution in [2.24, 2.45) is 0 Å². The molecule has 0 aliphatic carbocycles. The van der Waals surface area contributed by atoms with Gasteiger partial charge in [0.2, 0.25) is 0 Å². The number of carbonyl (C=O) groups excluding carboxylic acids is 1. The van der Waals surface area contributed by atoms with Crippen LogP contribution in [-0.2, 0) is 4.74 Å². The summed E-state index contributed by atoms with van der Waals surface area (Å²) in [6.45, 7) is 0.556. The van der Waals surface area contributed by atoms with Crippen molar-refractivity contribution in [3.05, 3.63) is 27.7 Å². The molecule has 112 valence electrons. The Labute approximate surface area is 127 Å². The van der Waals surface area contributed by atoms with Gasteiger partial charge in [0.25, 0.3) is 5.91 Å². The van der Waals surface area contributed by atoms with Gasteiger partial charge >= 0.3 is 0 Å². The fourth-order valence-corrected chi connectivity index (χ4v) is 2.26. The molecule has 0 heterocycles. The Kier molecular flexibility index (Phi) is 7.09. The van der Waals surface area contributed by atoms with Crippen LogP contribution in [0.4, 0.5) is 0 Å². The van der Waals surface area contributed by atoms with E-state index in [1.54, 1.807) is 0 Å². The second-order valence-electron chi connectivity index (χ2n) is 4.13. The highest BCUT2D eigenvalue weighted by molar-refractivity contribution is 6.37. The van der Waals surface area contributed by atoms with E-state index in [4.69, 9.17) is 32.7 Å². The van der Waals surface area contributed by atoms with Crippen molar-refractivity contribution in [2.75, 3.05) is 27.4 Å². The monoisotopic (exact) mass is 321 g/mol. The van der Waals surface area contributed by atoms with E-state index in [0.717, 1.165) is 0 Å². The van der Waals surface area contributed by atoms with E-state index in [1.807, 2.05) is 0 Å². The number of methoxy groups -OCH3 is 2. The van der Waals surface area contributed by atoms with E-state index in [9.17, 15) is 9.90 Å². The number of carbonyl (C=O) groups is 1. The lowest BCUT2D eigenvalue weighted by atomic mass is 10.2. The molecule has 1 atom stereocenters. The van der Waals surface area contributed by atoms with Crippen LogP contribution in [0.5, 0.6) is 5.75 Å². The summed E-state index contributed by atoms with van der Waals surface area (Å²) < 4.78 is 9.80. The molecule has 7 heteroatoms. The molecule has 0 bridgehead atoms. The van der Waals surface area contributed by atoms with Crippen LogP contribution < -0.4 is 10.1 Å². The highest BCUT2D eigenvalue weighted by Gasteiger charge is 2.13. The number of amides is 1. The molecule has 5 nitrogen and oxygen atoms in total. The lowest BCUT2D eigenvalue weighted by Gasteiger charge is -2.11. The summed E-state index contributed by atoms with van der Waals surface area (Å²) in [4.78, 5) is 11.9. The molecule has 0 spiro atoms. The van der Waals surface area contributed by atoms with Gasteiger partial charge in [-0.2, -0.15) is 0 Å². The average Bonchev–Trinajstić information content (AvgIpc) is 2.38. The summed E-state index contributed by atoms with van der Waals surface area (Å²) in [7, 11) is 2.95.